The fourth-order valence-corrected chi connectivity index (χ4v) is 5.45. The summed E-state index contributed by atoms with van der Waals surface area (Å²) in [7, 11) is 0. The summed E-state index contributed by atoms with van der Waals surface area (Å²) in [4.78, 5) is 34.6. The van der Waals surface area contributed by atoms with Crippen molar-refractivity contribution >= 4 is 23.3 Å². The van der Waals surface area contributed by atoms with Crippen LogP contribution in [0.15, 0.2) is 60.0 Å². The minimum absolute atomic E-state index is 0.209. The van der Waals surface area contributed by atoms with Crippen LogP contribution >= 0.6 is 11.3 Å². The Hall–Kier alpha value is -3.23. The minimum atomic E-state index is -0.870. The van der Waals surface area contributed by atoms with Gasteiger partial charge in [0.25, 0.3) is 0 Å². The number of nitrogens with zero attached hydrogens (tertiary/aromatic N) is 2. The van der Waals surface area contributed by atoms with Crippen molar-refractivity contribution in [3.05, 3.63) is 81.8 Å². The predicted molar refractivity (Wildman–Crippen MR) is 117 cm³/mol. The maximum Gasteiger partial charge on any atom is 0.345 e. The summed E-state index contributed by atoms with van der Waals surface area (Å²) in [5.74, 6) is -0.813. The average molecular weight is 453 g/mol. The van der Waals surface area contributed by atoms with Crippen molar-refractivity contribution in [1.82, 2.24) is 9.96 Å². The maximum absolute atomic E-state index is 13.5. The van der Waals surface area contributed by atoms with Crippen LogP contribution in [0.3, 0.4) is 0 Å². The summed E-state index contributed by atoms with van der Waals surface area (Å²) < 4.78 is 18.8. The number of esters is 1. The van der Waals surface area contributed by atoms with E-state index in [9.17, 15) is 14.0 Å². The van der Waals surface area contributed by atoms with Gasteiger partial charge in [0, 0.05) is 10.4 Å². The molecule has 2 atom stereocenters. The third kappa shape index (κ3) is 3.45. The Morgan fingerprint density at radius 1 is 1.16 bits per heavy atom. The van der Waals surface area contributed by atoms with Crippen LogP contribution in [0, 0.1) is 5.82 Å². The number of halogens is 1. The summed E-state index contributed by atoms with van der Waals surface area (Å²) in [6.07, 6.45) is 0. The van der Waals surface area contributed by atoms with Crippen LogP contribution in [-0.2, 0) is 21.0 Å². The quantitative estimate of drug-likeness (QED) is 0.489. The van der Waals surface area contributed by atoms with Crippen molar-refractivity contribution in [2.45, 2.75) is 25.6 Å². The lowest BCUT2D eigenvalue weighted by molar-refractivity contribution is -0.148. The number of rotatable bonds is 6. The highest BCUT2D eigenvalue weighted by molar-refractivity contribution is 7.10. The average Bonchev–Trinajstić information content (AvgIpc) is 3.35. The Morgan fingerprint density at radius 3 is 2.62 bits per heavy atom. The number of carbonyl (C=O) groups is 2. The van der Waals surface area contributed by atoms with Gasteiger partial charge in [-0.1, -0.05) is 42.5 Å². The Labute approximate surface area is 188 Å². The first-order valence-electron chi connectivity index (χ1n) is 10.4. The van der Waals surface area contributed by atoms with E-state index in [0.29, 0.717) is 6.54 Å². The molecule has 3 aromatic rings. The van der Waals surface area contributed by atoms with Gasteiger partial charge in [0.05, 0.1) is 13.2 Å². The molecule has 32 heavy (non-hydrogen) atoms. The minimum Gasteiger partial charge on any atom is -0.464 e. The molecular weight excluding hydrogens is 431 g/mol. The van der Waals surface area contributed by atoms with Crippen LogP contribution in [0.5, 0.6) is 0 Å². The Balaban J connectivity index is 1.54. The standard InChI is InChI=1S/C24H21FN2O4S/c1-2-30-23(28)21-20-18(16-8-10-17(25)11-9-16)14-32-22(20)19-12-26(21)24(29)27(19)31-13-15-6-4-3-5-7-15/h3-11,14,19,21H,2,12-13H2,1H3. The Bertz CT molecular complexity index is 1150. The molecule has 2 unspecified atom stereocenters. The van der Waals surface area contributed by atoms with Gasteiger partial charge in [0.2, 0.25) is 0 Å². The number of hydrogen-bond donors (Lipinski definition) is 0. The van der Waals surface area contributed by atoms with Gasteiger partial charge in [0.15, 0.2) is 6.04 Å². The molecule has 0 saturated carbocycles. The first kappa shape index (κ1) is 20.7. The highest BCUT2D eigenvalue weighted by Gasteiger charge is 2.53. The van der Waals surface area contributed by atoms with Crippen molar-refractivity contribution in [2.75, 3.05) is 13.2 Å². The van der Waals surface area contributed by atoms with Gasteiger partial charge in [0.1, 0.15) is 18.5 Å². The lowest BCUT2D eigenvalue weighted by atomic mass is 9.92. The van der Waals surface area contributed by atoms with Crippen LogP contribution < -0.4 is 0 Å². The van der Waals surface area contributed by atoms with E-state index in [1.807, 2.05) is 35.7 Å². The van der Waals surface area contributed by atoms with Gasteiger partial charge in [-0.2, -0.15) is 5.06 Å². The van der Waals surface area contributed by atoms with Crippen molar-refractivity contribution in [1.29, 1.82) is 0 Å². The van der Waals surface area contributed by atoms with Crippen molar-refractivity contribution in [3.63, 3.8) is 0 Å². The van der Waals surface area contributed by atoms with Gasteiger partial charge in [-0.3, -0.25) is 4.84 Å². The zero-order valence-electron chi connectivity index (χ0n) is 17.4. The molecular formula is C24H21FN2O4S. The van der Waals surface area contributed by atoms with E-state index >= 15 is 0 Å². The highest BCUT2D eigenvalue weighted by Crippen LogP contribution is 2.51. The highest BCUT2D eigenvalue weighted by atomic mass is 32.1. The molecule has 0 N–H and O–H groups in total. The second kappa shape index (κ2) is 8.37. The third-order valence-electron chi connectivity index (χ3n) is 5.71. The molecule has 1 fully saturated rings. The first-order chi connectivity index (χ1) is 15.6. The SMILES string of the molecule is CCOC(=O)C1c2c(-c3ccc(F)cc3)csc2C2CN1C(=O)N2OCc1ccccc1. The molecule has 1 aromatic heterocycles. The molecule has 2 aromatic carbocycles. The molecule has 164 valence electrons. The number of carbonyl (C=O) groups excluding carboxylic acids is 2. The van der Waals surface area contributed by atoms with E-state index < -0.39 is 12.0 Å². The molecule has 0 radical (unpaired) electrons. The largest absolute Gasteiger partial charge is 0.464 e. The van der Waals surface area contributed by atoms with E-state index in [0.717, 1.165) is 27.1 Å². The van der Waals surface area contributed by atoms with Gasteiger partial charge in [-0.15, -0.1) is 11.3 Å². The van der Waals surface area contributed by atoms with E-state index in [2.05, 4.69) is 0 Å². The van der Waals surface area contributed by atoms with Crippen LogP contribution in [0.1, 0.15) is 35.0 Å². The fraction of sp³-hybridized carbons (Fsp3) is 0.250. The Morgan fingerprint density at radius 2 is 1.91 bits per heavy atom. The third-order valence-corrected chi connectivity index (χ3v) is 6.81. The molecule has 0 spiro atoms. The predicted octanol–water partition coefficient (Wildman–Crippen LogP) is 5.08. The molecule has 1 saturated heterocycles. The fourth-order valence-electron chi connectivity index (χ4n) is 4.26. The summed E-state index contributed by atoms with van der Waals surface area (Å²) in [6.45, 7) is 2.53. The molecule has 2 aliphatic rings. The Kier molecular flexibility index (Phi) is 5.40. The van der Waals surface area contributed by atoms with Crippen molar-refractivity contribution in [3.8, 4) is 11.1 Å². The van der Waals surface area contributed by atoms with E-state index in [4.69, 9.17) is 9.57 Å². The second-order valence-corrected chi connectivity index (χ2v) is 8.54. The number of thiophene rings is 1. The van der Waals surface area contributed by atoms with Crippen LogP contribution in [0.25, 0.3) is 11.1 Å². The lowest BCUT2D eigenvalue weighted by Gasteiger charge is -2.30. The molecule has 2 amide bonds. The maximum atomic E-state index is 13.5. The summed E-state index contributed by atoms with van der Waals surface area (Å²) in [5.41, 5.74) is 3.26. The molecule has 3 heterocycles. The zero-order chi connectivity index (χ0) is 22.2. The smallest absolute Gasteiger partial charge is 0.345 e. The molecule has 8 heteroatoms. The van der Waals surface area contributed by atoms with Gasteiger partial charge in [-0.25, -0.2) is 14.0 Å². The number of amides is 2. The summed E-state index contributed by atoms with van der Waals surface area (Å²) in [5, 5.41) is 3.32. The van der Waals surface area contributed by atoms with E-state index in [-0.39, 0.29) is 31.1 Å². The van der Waals surface area contributed by atoms with Gasteiger partial charge < -0.3 is 9.64 Å². The summed E-state index contributed by atoms with van der Waals surface area (Å²) in [6, 6.07) is 14.2. The lowest BCUT2D eigenvalue weighted by Crippen LogP contribution is -2.39. The van der Waals surface area contributed by atoms with Gasteiger partial charge >= 0.3 is 12.0 Å². The number of hydroxylamine groups is 2. The molecule has 2 bridgehead atoms. The normalized spacial score (nSPS) is 19.2. The number of hydrogen-bond acceptors (Lipinski definition) is 5. The number of fused-ring (bicyclic) bond motifs is 4. The zero-order valence-corrected chi connectivity index (χ0v) is 18.2. The van der Waals surface area contributed by atoms with Crippen LogP contribution in [0.4, 0.5) is 9.18 Å². The molecule has 5 rings (SSSR count). The van der Waals surface area contributed by atoms with Crippen LogP contribution in [-0.4, -0.2) is 35.1 Å². The van der Waals surface area contributed by atoms with E-state index in [1.165, 1.54) is 33.4 Å². The molecule has 0 aliphatic carbocycles. The van der Waals surface area contributed by atoms with Gasteiger partial charge in [-0.05, 0) is 41.1 Å². The van der Waals surface area contributed by atoms with Crippen molar-refractivity contribution in [2.24, 2.45) is 0 Å². The number of benzene rings is 2. The van der Waals surface area contributed by atoms with Crippen molar-refractivity contribution < 1.29 is 23.6 Å². The number of urea groups is 1. The monoisotopic (exact) mass is 452 g/mol. The molecule has 6 nitrogen and oxygen atoms in total. The molecule has 2 aliphatic heterocycles. The van der Waals surface area contributed by atoms with Crippen LogP contribution in [0.2, 0.25) is 0 Å². The first-order valence-corrected chi connectivity index (χ1v) is 11.3. The topological polar surface area (TPSA) is 59.1 Å². The summed E-state index contributed by atoms with van der Waals surface area (Å²) >= 11 is 1.47. The van der Waals surface area contributed by atoms with E-state index in [1.54, 1.807) is 19.1 Å². The number of ether oxygens (including phenoxy) is 1. The second-order valence-electron chi connectivity index (χ2n) is 7.62.